The SMILES string of the molecule is COC(=O)c1cc(C)ccc1NCc1ccc(F)c(Cl)c1. The van der Waals surface area contributed by atoms with E-state index >= 15 is 0 Å². The third kappa shape index (κ3) is 3.73. The minimum Gasteiger partial charge on any atom is -0.465 e. The zero-order valence-electron chi connectivity index (χ0n) is 11.7. The minimum absolute atomic E-state index is 0.0754. The smallest absolute Gasteiger partial charge is 0.339 e. The topological polar surface area (TPSA) is 38.3 Å². The summed E-state index contributed by atoms with van der Waals surface area (Å²) in [6.07, 6.45) is 0. The Hall–Kier alpha value is -2.07. The van der Waals surface area contributed by atoms with Crippen LogP contribution in [0.3, 0.4) is 0 Å². The molecule has 0 amide bonds. The van der Waals surface area contributed by atoms with Gasteiger partial charge in [-0.25, -0.2) is 9.18 Å². The molecular weight excluding hydrogens is 293 g/mol. The number of anilines is 1. The highest BCUT2D eigenvalue weighted by Crippen LogP contribution is 2.21. The first-order chi connectivity index (χ1) is 10.0. The zero-order valence-corrected chi connectivity index (χ0v) is 12.5. The molecule has 21 heavy (non-hydrogen) atoms. The highest BCUT2D eigenvalue weighted by molar-refractivity contribution is 6.30. The van der Waals surface area contributed by atoms with Crippen LogP contribution in [0.25, 0.3) is 0 Å². The molecule has 0 saturated carbocycles. The molecule has 2 rings (SSSR count). The number of esters is 1. The van der Waals surface area contributed by atoms with Crippen LogP contribution in [-0.2, 0) is 11.3 Å². The molecule has 0 aliphatic rings. The first-order valence-corrected chi connectivity index (χ1v) is 6.76. The normalized spacial score (nSPS) is 10.3. The number of halogens is 2. The highest BCUT2D eigenvalue weighted by Gasteiger charge is 2.12. The molecule has 0 unspecified atom stereocenters. The summed E-state index contributed by atoms with van der Waals surface area (Å²) in [7, 11) is 1.34. The Morgan fingerprint density at radius 3 is 2.71 bits per heavy atom. The maximum absolute atomic E-state index is 13.1. The van der Waals surface area contributed by atoms with Gasteiger partial charge in [-0.15, -0.1) is 0 Å². The fraction of sp³-hybridized carbons (Fsp3) is 0.188. The monoisotopic (exact) mass is 307 g/mol. The van der Waals surface area contributed by atoms with Gasteiger partial charge in [0.1, 0.15) is 5.82 Å². The van der Waals surface area contributed by atoms with E-state index in [9.17, 15) is 9.18 Å². The molecule has 0 radical (unpaired) electrons. The van der Waals surface area contributed by atoms with Crippen molar-refractivity contribution in [2.45, 2.75) is 13.5 Å². The van der Waals surface area contributed by atoms with Gasteiger partial charge in [0.05, 0.1) is 17.7 Å². The van der Waals surface area contributed by atoms with Crippen LogP contribution in [0.1, 0.15) is 21.5 Å². The summed E-state index contributed by atoms with van der Waals surface area (Å²) < 4.78 is 17.9. The molecule has 0 heterocycles. The number of hydrogen-bond donors (Lipinski definition) is 1. The Kier molecular flexibility index (Phi) is 4.81. The van der Waals surface area contributed by atoms with E-state index < -0.39 is 11.8 Å². The van der Waals surface area contributed by atoms with Crippen LogP contribution in [0.15, 0.2) is 36.4 Å². The third-order valence-corrected chi connectivity index (χ3v) is 3.34. The van der Waals surface area contributed by atoms with Crippen LogP contribution in [-0.4, -0.2) is 13.1 Å². The van der Waals surface area contributed by atoms with E-state index in [2.05, 4.69) is 5.32 Å². The Morgan fingerprint density at radius 2 is 2.05 bits per heavy atom. The van der Waals surface area contributed by atoms with Crippen molar-refractivity contribution in [3.63, 3.8) is 0 Å². The first kappa shape index (κ1) is 15.3. The summed E-state index contributed by atoms with van der Waals surface area (Å²) in [4.78, 5) is 11.8. The second kappa shape index (κ2) is 6.59. The molecule has 110 valence electrons. The second-order valence-corrected chi connectivity index (χ2v) is 5.05. The van der Waals surface area contributed by atoms with Crippen LogP contribution in [0, 0.1) is 12.7 Å². The number of rotatable bonds is 4. The second-order valence-electron chi connectivity index (χ2n) is 4.64. The average molecular weight is 308 g/mol. The van der Waals surface area contributed by atoms with E-state index in [0.29, 0.717) is 17.8 Å². The van der Waals surface area contributed by atoms with Gasteiger partial charge >= 0.3 is 5.97 Å². The van der Waals surface area contributed by atoms with Gasteiger partial charge in [-0.1, -0.05) is 29.3 Å². The Morgan fingerprint density at radius 1 is 1.29 bits per heavy atom. The molecule has 0 aromatic heterocycles. The fourth-order valence-electron chi connectivity index (χ4n) is 1.94. The van der Waals surface area contributed by atoms with E-state index in [1.807, 2.05) is 19.1 Å². The molecule has 0 bridgehead atoms. The number of benzene rings is 2. The number of methoxy groups -OCH3 is 1. The van der Waals surface area contributed by atoms with Gasteiger partial charge in [0, 0.05) is 12.2 Å². The number of carbonyl (C=O) groups excluding carboxylic acids is 1. The van der Waals surface area contributed by atoms with Crippen molar-refractivity contribution in [3.8, 4) is 0 Å². The molecular formula is C16H15ClFNO2. The van der Waals surface area contributed by atoms with Crippen molar-refractivity contribution in [2.24, 2.45) is 0 Å². The number of nitrogens with one attached hydrogen (secondary N) is 1. The molecule has 0 saturated heterocycles. The maximum atomic E-state index is 13.1. The predicted molar refractivity (Wildman–Crippen MR) is 81.3 cm³/mol. The van der Waals surface area contributed by atoms with Gasteiger partial charge in [-0.05, 0) is 36.8 Å². The van der Waals surface area contributed by atoms with E-state index in [0.717, 1.165) is 11.1 Å². The van der Waals surface area contributed by atoms with Crippen LogP contribution in [0.5, 0.6) is 0 Å². The third-order valence-electron chi connectivity index (χ3n) is 3.05. The number of hydrogen-bond acceptors (Lipinski definition) is 3. The van der Waals surface area contributed by atoms with Crippen LogP contribution in [0.4, 0.5) is 10.1 Å². The highest BCUT2D eigenvalue weighted by atomic mass is 35.5. The number of carbonyl (C=O) groups is 1. The summed E-state index contributed by atoms with van der Waals surface area (Å²) in [5.41, 5.74) is 2.90. The zero-order chi connectivity index (χ0) is 15.4. The van der Waals surface area contributed by atoms with Gasteiger partial charge < -0.3 is 10.1 Å². The van der Waals surface area contributed by atoms with Crippen molar-refractivity contribution in [1.29, 1.82) is 0 Å². The molecule has 2 aromatic carbocycles. The van der Waals surface area contributed by atoms with Crippen LogP contribution < -0.4 is 5.32 Å². The molecule has 0 aliphatic carbocycles. The molecule has 0 fully saturated rings. The Bertz CT molecular complexity index is 673. The minimum atomic E-state index is -0.453. The lowest BCUT2D eigenvalue weighted by atomic mass is 10.1. The summed E-state index contributed by atoms with van der Waals surface area (Å²) >= 11 is 5.74. The van der Waals surface area contributed by atoms with Gasteiger partial charge in [0.25, 0.3) is 0 Å². The summed E-state index contributed by atoms with van der Waals surface area (Å²) in [6.45, 7) is 2.32. The quantitative estimate of drug-likeness (QED) is 0.861. The molecule has 2 aromatic rings. The van der Waals surface area contributed by atoms with Crippen LogP contribution >= 0.6 is 11.6 Å². The Balaban J connectivity index is 2.19. The molecule has 5 heteroatoms. The van der Waals surface area contributed by atoms with Crippen molar-refractivity contribution >= 4 is 23.3 Å². The predicted octanol–water partition coefficient (Wildman–Crippen LogP) is 4.19. The van der Waals surface area contributed by atoms with Gasteiger partial charge in [0.2, 0.25) is 0 Å². The number of ether oxygens (including phenoxy) is 1. The number of aryl methyl sites for hydroxylation is 1. The van der Waals surface area contributed by atoms with Crippen molar-refractivity contribution in [1.82, 2.24) is 0 Å². The summed E-state index contributed by atoms with van der Waals surface area (Å²) in [5, 5.41) is 3.21. The molecule has 0 atom stereocenters. The molecule has 0 aliphatic heterocycles. The largest absolute Gasteiger partial charge is 0.465 e. The van der Waals surface area contributed by atoms with Crippen molar-refractivity contribution < 1.29 is 13.9 Å². The first-order valence-electron chi connectivity index (χ1n) is 6.38. The van der Waals surface area contributed by atoms with Gasteiger partial charge in [-0.3, -0.25) is 0 Å². The fourth-order valence-corrected chi connectivity index (χ4v) is 2.14. The Labute approximate surface area is 127 Å². The molecule has 0 spiro atoms. The van der Waals surface area contributed by atoms with Gasteiger partial charge in [0.15, 0.2) is 0 Å². The average Bonchev–Trinajstić information content (AvgIpc) is 2.48. The van der Waals surface area contributed by atoms with Crippen LogP contribution in [0.2, 0.25) is 5.02 Å². The lowest BCUT2D eigenvalue weighted by molar-refractivity contribution is 0.0601. The van der Waals surface area contributed by atoms with E-state index in [1.54, 1.807) is 18.2 Å². The summed E-state index contributed by atoms with van der Waals surface area (Å²) in [5.74, 6) is -0.857. The summed E-state index contributed by atoms with van der Waals surface area (Å²) in [6, 6.07) is 9.97. The van der Waals surface area contributed by atoms with E-state index in [1.165, 1.54) is 13.2 Å². The molecule has 3 nitrogen and oxygen atoms in total. The maximum Gasteiger partial charge on any atom is 0.339 e. The van der Waals surface area contributed by atoms with E-state index in [-0.39, 0.29) is 5.02 Å². The van der Waals surface area contributed by atoms with Gasteiger partial charge in [-0.2, -0.15) is 0 Å². The lowest BCUT2D eigenvalue weighted by Gasteiger charge is -2.12. The standard InChI is InChI=1S/C16H15ClFNO2/c1-10-3-6-15(12(7-10)16(20)21-2)19-9-11-4-5-14(18)13(17)8-11/h3-8,19H,9H2,1-2H3. The lowest BCUT2D eigenvalue weighted by Crippen LogP contribution is -2.08. The molecule has 1 N–H and O–H groups in total. The van der Waals surface area contributed by atoms with Crippen molar-refractivity contribution in [2.75, 3.05) is 12.4 Å². The van der Waals surface area contributed by atoms with E-state index in [4.69, 9.17) is 16.3 Å². The van der Waals surface area contributed by atoms with Crippen molar-refractivity contribution in [3.05, 3.63) is 63.9 Å².